The molecular formula is C11H11BrClNO4. The minimum atomic E-state index is -0.614. The van der Waals surface area contributed by atoms with Gasteiger partial charge >= 0.3 is 5.97 Å². The van der Waals surface area contributed by atoms with Crippen molar-refractivity contribution >= 4 is 39.2 Å². The number of benzene rings is 1. The molecule has 0 aliphatic rings. The second-order valence-electron chi connectivity index (χ2n) is 3.45. The molecule has 1 aromatic rings. The first kappa shape index (κ1) is 14.9. The Bertz CT molecular complexity index is 466. The zero-order valence-electron chi connectivity index (χ0n) is 9.56. The highest BCUT2D eigenvalue weighted by molar-refractivity contribution is 9.10. The first-order valence-electron chi connectivity index (χ1n) is 5.19. The number of nitrogens with zero attached hydrogens (tertiary/aromatic N) is 1. The van der Waals surface area contributed by atoms with Gasteiger partial charge in [0, 0.05) is 23.1 Å². The zero-order valence-corrected chi connectivity index (χ0v) is 11.9. The van der Waals surface area contributed by atoms with E-state index in [1.54, 1.807) is 13.0 Å². The summed E-state index contributed by atoms with van der Waals surface area (Å²) in [5.74, 6) is -0.443. The van der Waals surface area contributed by atoms with Crippen LogP contribution < -0.4 is 0 Å². The second kappa shape index (κ2) is 6.70. The quantitative estimate of drug-likeness (QED) is 0.358. The van der Waals surface area contributed by atoms with Crippen LogP contribution in [-0.2, 0) is 16.0 Å². The van der Waals surface area contributed by atoms with Crippen LogP contribution in [0.1, 0.15) is 12.5 Å². The molecule has 5 nitrogen and oxygen atoms in total. The average molecular weight is 337 g/mol. The third-order valence-corrected chi connectivity index (χ3v) is 3.12. The zero-order chi connectivity index (χ0) is 13.7. The number of esters is 1. The number of hydrogen-bond acceptors (Lipinski definition) is 4. The number of halogens is 2. The molecule has 0 saturated carbocycles. The van der Waals surface area contributed by atoms with Gasteiger partial charge in [0.25, 0.3) is 5.69 Å². The Hall–Kier alpha value is -1.14. The van der Waals surface area contributed by atoms with Crippen molar-refractivity contribution in [1.29, 1.82) is 0 Å². The Balaban J connectivity index is 2.90. The molecule has 1 atom stereocenters. The Kier molecular flexibility index (Phi) is 5.55. The lowest BCUT2D eigenvalue weighted by molar-refractivity contribution is -0.385. The maximum atomic E-state index is 11.4. The fraction of sp³-hybridized carbons (Fsp3) is 0.364. The summed E-state index contributed by atoms with van der Waals surface area (Å²) >= 11 is 8.85. The van der Waals surface area contributed by atoms with Gasteiger partial charge in [0.2, 0.25) is 0 Å². The van der Waals surface area contributed by atoms with Crippen LogP contribution in [0, 0.1) is 10.1 Å². The molecule has 7 heteroatoms. The van der Waals surface area contributed by atoms with Crippen molar-refractivity contribution in [2.45, 2.75) is 18.2 Å². The van der Waals surface area contributed by atoms with Crippen LogP contribution in [0.5, 0.6) is 0 Å². The van der Waals surface area contributed by atoms with E-state index in [1.165, 1.54) is 12.1 Å². The average Bonchev–Trinajstić information content (AvgIpc) is 2.31. The summed E-state index contributed by atoms with van der Waals surface area (Å²) in [5, 5.41) is 11.2. The van der Waals surface area contributed by atoms with Crippen LogP contribution in [0.2, 0.25) is 5.02 Å². The molecule has 1 unspecified atom stereocenters. The molecule has 0 heterocycles. The Morgan fingerprint density at radius 2 is 2.28 bits per heavy atom. The van der Waals surface area contributed by atoms with Crippen LogP contribution in [0.4, 0.5) is 5.69 Å². The Morgan fingerprint density at radius 1 is 1.61 bits per heavy atom. The van der Waals surface area contributed by atoms with E-state index in [9.17, 15) is 14.9 Å². The summed E-state index contributed by atoms with van der Waals surface area (Å²) in [4.78, 5) is 21.2. The third-order valence-electron chi connectivity index (χ3n) is 2.19. The Labute approximate surface area is 117 Å². The van der Waals surface area contributed by atoms with Gasteiger partial charge in [-0.1, -0.05) is 33.6 Å². The van der Waals surface area contributed by atoms with Gasteiger partial charge in [-0.3, -0.25) is 14.9 Å². The summed E-state index contributed by atoms with van der Waals surface area (Å²) in [6.07, 6.45) is 0.173. The lowest BCUT2D eigenvalue weighted by atomic mass is 10.1. The highest BCUT2D eigenvalue weighted by Crippen LogP contribution is 2.25. The molecule has 1 aromatic carbocycles. The molecule has 98 valence electrons. The van der Waals surface area contributed by atoms with Gasteiger partial charge in [-0.2, -0.15) is 0 Å². The molecule has 18 heavy (non-hydrogen) atoms. The van der Waals surface area contributed by atoms with Crippen LogP contribution in [-0.4, -0.2) is 22.3 Å². The normalized spacial score (nSPS) is 11.9. The number of carbonyl (C=O) groups excluding carboxylic acids is 1. The number of carbonyl (C=O) groups is 1. The van der Waals surface area contributed by atoms with Crippen LogP contribution in [0.3, 0.4) is 0 Å². The van der Waals surface area contributed by atoms with E-state index in [4.69, 9.17) is 16.3 Å². The maximum Gasteiger partial charge on any atom is 0.320 e. The fourth-order valence-corrected chi connectivity index (χ4v) is 2.04. The van der Waals surface area contributed by atoms with Crippen molar-refractivity contribution in [3.05, 3.63) is 38.9 Å². The second-order valence-corrected chi connectivity index (χ2v) is 5.00. The smallest absolute Gasteiger partial charge is 0.320 e. The molecule has 0 aromatic heterocycles. The summed E-state index contributed by atoms with van der Waals surface area (Å²) in [5.41, 5.74) is 0.329. The summed E-state index contributed by atoms with van der Waals surface area (Å²) in [6, 6.07) is 4.35. The van der Waals surface area contributed by atoms with Gasteiger partial charge in [0.05, 0.1) is 11.5 Å². The van der Waals surface area contributed by atoms with Crippen molar-refractivity contribution in [2.75, 3.05) is 6.61 Å². The number of hydrogen-bond donors (Lipinski definition) is 0. The number of ether oxygens (including phenoxy) is 1. The standard InChI is InChI=1S/C11H11BrClNO4/c1-2-18-11(15)9(12)5-7-3-4-8(13)6-10(7)14(16)17/h3-4,6,9H,2,5H2,1H3. The van der Waals surface area contributed by atoms with E-state index in [0.717, 1.165) is 0 Å². The molecule has 0 spiro atoms. The van der Waals surface area contributed by atoms with Crippen LogP contribution >= 0.6 is 27.5 Å². The van der Waals surface area contributed by atoms with E-state index >= 15 is 0 Å². The van der Waals surface area contributed by atoms with E-state index in [0.29, 0.717) is 5.56 Å². The topological polar surface area (TPSA) is 69.4 Å². The summed E-state index contributed by atoms with van der Waals surface area (Å²) in [6.45, 7) is 1.96. The van der Waals surface area contributed by atoms with E-state index in [2.05, 4.69) is 15.9 Å². The summed E-state index contributed by atoms with van der Waals surface area (Å²) in [7, 11) is 0. The molecule has 0 N–H and O–H groups in total. The highest BCUT2D eigenvalue weighted by atomic mass is 79.9. The molecule has 0 radical (unpaired) electrons. The molecule has 0 fully saturated rings. The van der Waals surface area contributed by atoms with Crippen molar-refractivity contribution in [1.82, 2.24) is 0 Å². The summed E-state index contributed by atoms with van der Waals surface area (Å²) < 4.78 is 4.82. The van der Waals surface area contributed by atoms with Crippen LogP contribution in [0.15, 0.2) is 18.2 Å². The number of rotatable bonds is 5. The first-order chi connectivity index (χ1) is 8.45. The number of nitro groups is 1. The predicted octanol–water partition coefficient (Wildman–Crippen LogP) is 3.12. The SMILES string of the molecule is CCOC(=O)C(Br)Cc1ccc(Cl)cc1[N+](=O)[O-]. The lowest BCUT2D eigenvalue weighted by Gasteiger charge is -2.09. The van der Waals surface area contributed by atoms with Gasteiger partial charge in [0.1, 0.15) is 4.83 Å². The van der Waals surface area contributed by atoms with Crippen molar-refractivity contribution < 1.29 is 14.5 Å². The molecule has 1 rings (SSSR count). The van der Waals surface area contributed by atoms with E-state index in [-0.39, 0.29) is 23.7 Å². The van der Waals surface area contributed by atoms with E-state index < -0.39 is 15.7 Å². The Morgan fingerprint density at radius 3 is 2.83 bits per heavy atom. The molecule has 0 aliphatic heterocycles. The molecule has 0 aliphatic carbocycles. The van der Waals surface area contributed by atoms with Gasteiger partial charge in [-0.25, -0.2) is 0 Å². The van der Waals surface area contributed by atoms with Crippen LogP contribution in [0.25, 0.3) is 0 Å². The fourth-order valence-electron chi connectivity index (χ4n) is 1.39. The van der Waals surface area contributed by atoms with Gasteiger partial charge < -0.3 is 4.74 Å². The predicted molar refractivity (Wildman–Crippen MR) is 71.2 cm³/mol. The molecular weight excluding hydrogens is 325 g/mol. The number of nitro benzene ring substituents is 1. The monoisotopic (exact) mass is 335 g/mol. The molecule has 0 bridgehead atoms. The van der Waals surface area contributed by atoms with Gasteiger partial charge in [-0.05, 0) is 13.0 Å². The van der Waals surface area contributed by atoms with Crippen molar-refractivity contribution in [3.8, 4) is 0 Å². The minimum absolute atomic E-state index is 0.101. The molecule has 0 amide bonds. The van der Waals surface area contributed by atoms with Crippen molar-refractivity contribution in [2.24, 2.45) is 0 Å². The highest BCUT2D eigenvalue weighted by Gasteiger charge is 2.22. The van der Waals surface area contributed by atoms with Gasteiger partial charge in [0.15, 0.2) is 0 Å². The lowest BCUT2D eigenvalue weighted by Crippen LogP contribution is -2.20. The minimum Gasteiger partial charge on any atom is -0.465 e. The van der Waals surface area contributed by atoms with E-state index in [1.807, 2.05) is 0 Å². The largest absolute Gasteiger partial charge is 0.465 e. The molecule has 0 saturated heterocycles. The maximum absolute atomic E-state index is 11.4. The number of alkyl halides is 1. The van der Waals surface area contributed by atoms with Gasteiger partial charge in [-0.15, -0.1) is 0 Å². The third kappa shape index (κ3) is 3.96. The first-order valence-corrected chi connectivity index (χ1v) is 6.48. The van der Waals surface area contributed by atoms with Crippen molar-refractivity contribution in [3.63, 3.8) is 0 Å².